The first-order valence-corrected chi connectivity index (χ1v) is 6.28. The van der Waals surface area contributed by atoms with Gasteiger partial charge in [0, 0.05) is 12.3 Å². The van der Waals surface area contributed by atoms with Crippen molar-refractivity contribution in [2.24, 2.45) is 0 Å². The van der Waals surface area contributed by atoms with Gasteiger partial charge < -0.3 is 19.9 Å². The third-order valence-electron chi connectivity index (χ3n) is 2.94. The van der Waals surface area contributed by atoms with E-state index in [0.717, 1.165) is 11.4 Å². The third-order valence-corrected chi connectivity index (χ3v) is 2.94. The van der Waals surface area contributed by atoms with Crippen molar-refractivity contribution >= 4 is 11.7 Å². The Morgan fingerprint density at radius 2 is 2.05 bits per heavy atom. The van der Waals surface area contributed by atoms with Gasteiger partial charge in [0.1, 0.15) is 11.5 Å². The Morgan fingerprint density at radius 1 is 1.24 bits per heavy atom. The monoisotopic (exact) mass is 288 g/mol. The number of carboxylic acid groups (broad SMARTS) is 1. The van der Waals surface area contributed by atoms with Crippen LogP contribution in [-0.4, -0.2) is 30.3 Å². The van der Waals surface area contributed by atoms with Crippen molar-refractivity contribution in [1.29, 1.82) is 0 Å². The molecule has 6 nitrogen and oxygen atoms in total. The third kappa shape index (κ3) is 3.62. The molecule has 2 aromatic rings. The molecular weight excluding hydrogens is 272 g/mol. The Balaban J connectivity index is 2.07. The minimum Gasteiger partial charge on any atom is -0.497 e. The Kier molecular flexibility index (Phi) is 4.61. The summed E-state index contributed by atoms with van der Waals surface area (Å²) in [7, 11) is 3.18. The molecule has 0 spiro atoms. The van der Waals surface area contributed by atoms with Crippen molar-refractivity contribution in [3.8, 4) is 11.5 Å². The van der Waals surface area contributed by atoms with Crippen LogP contribution in [-0.2, 0) is 6.54 Å². The highest BCUT2D eigenvalue weighted by molar-refractivity contribution is 5.87. The summed E-state index contributed by atoms with van der Waals surface area (Å²) >= 11 is 0. The summed E-state index contributed by atoms with van der Waals surface area (Å²) in [6.07, 6.45) is 1.34. The van der Waals surface area contributed by atoms with E-state index in [2.05, 4.69) is 10.3 Å². The van der Waals surface area contributed by atoms with E-state index in [-0.39, 0.29) is 5.56 Å². The fourth-order valence-electron chi connectivity index (χ4n) is 1.79. The maximum Gasteiger partial charge on any atom is 0.337 e. The number of carboxylic acids is 1. The lowest BCUT2D eigenvalue weighted by atomic mass is 10.2. The van der Waals surface area contributed by atoms with Crippen LogP contribution >= 0.6 is 0 Å². The fraction of sp³-hybridized carbons (Fsp3) is 0.200. The number of anilines is 1. The molecule has 2 rings (SSSR count). The lowest BCUT2D eigenvalue weighted by molar-refractivity contribution is 0.0696. The molecule has 1 aromatic heterocycles. The normalized spacial score (nSPS) is 10.0. The topological polar surface area (TPSA) is 80.7 Å². The molecule has 0 amide bonds. The van der Waals surface area contributed by atoms with Gasteiger partial charge in [-0.05, 0) is 24.3 Å². The molecule has 1 heterocycles. The predicted octanol–water partition coefficient (Wildman–Crippen LogP) is 2.41. The number of hydrogen-bond donors (Lipinski definition) is 2. The number of benzene rings is 1. The van der Waals surface area contributed by atoms with Gasteiger partial charge in [-0.2, -0.15) is 0 Å². The fourth-order valence-corrected chi connectivity index (χ4v) is 1.79. The SMILES string of the molecule is COc1ccc(NCc2ccc(C(=O)O)cn2)c(OC)c1. The van der Waals surface area contributed by atoms with Crippen LogP contribution in [0.25, 0.3) is 0 Å². The van der Waals surface area contributed by atoms with E-state index < -0.39 is 5.97 Å². The zero-order valence-corrected chi connectivity index (χ0v) is 11.8. The molecule has 2 N–H and O–H groups in total. The number of methoxy groups -OCH3 is 2. The Labute approximate surface area is 122 Å². The number of pyridine rings is 1. The number of nitrogens with one attached hydrogen (secondary N) is 1. The molecule has 0 saturated heterocycles. The Bertz CT molecular complexity index is 626. The van der Waals surface area contributed by atoms with E-state index in [0.29, 0.717) is 18.0 Å². The molecular formula is C15H16N2O4. The minimum absolute atomic E-state index is 0.167. The summed E-state index contributed by atoms with van der Waals surface area (Å²) in [5, 5.41) is 12.0. The van der Waals surface area contributed by atoms with E-state index in [4.69, 9.17) is 14.6 Å². The number of ether oxygens (including phenoxy) is 2. The van der Waals surface area contributed by atoms with E-state index in [1.807, 2.05) is 12.1 Å². The molecule has 1 aromatic carbocycles. The maximum atomic E-state index is 10.8. The quantitative estimate of drug-likeness (QED) is 0.849. The van der Waals surface area contributed by atoms with Crippen LogP contribution in [0.15, 0.2) is 36.5 Å². The molecule has 0 aliphatic heterocycles. The number of aromatic nitrogens is 1. The smallest absolute Gasteiger partial charge is 0.337 e. The molecule has 0 bridgehead atoms. The number of carbonyl (C=O) groups is 1. The van der Waals surface area contributed by atoms with Gasteiger partial charge in [0.2, 0.25) is 0 Å². The van der Waals surface area contributed by atoms with Crippen molar-refractivity contribution in [2.45, 2.75) is 6.54 Å². The number of rotatable bonds is 6. The van der Waals surface area contributed by atoms with Crippen molar-refractivity contribution < 1.29 is 19.4 Å². The van der Waals surface area contributed by atoms with Crippen molar-refractivity contribution in [3.63, 3.8) is 0 Å². The lowest BCUT2D eigenvalue weighted by Crippen LogP contribution is -2.05. The Morgan fingerprint density at radius 3 is 2.62 bits per heavy atom. The minimum atomic E-state index is -0.987. The van der Waals surface area contributed by atoms with Gasteiger partial charge in [-0.1, -0.05) is 0 Å². The number of aromatic carboxylic acids is 1. The van der Waals surface area contributed by atoms with Gasteiger partial charge in [0.25, 0.3) is 0 Å². The van der Waals surface area contributed by atoms with Crippen molar-refractivity contribution in [1.82, 2.24) is 4.98 Å². The first-order valence-electron chi connectivity index (χ1n) is 6.28. The van der Waals surface area contributed by atoms with Crippen LogP contribution in [0.4, 0.5) is 5.69 Å². The summed E-state index contributed by atoms with van der Waals surface area (Å²) in [5.41, 5.74) is 1.71. The van der Waals surface area contributed by atoms with Crippen LogP contribution < -0.4 is 14.8 Å². The standard InChI is InChI=1S/C15H16N2O4/c1-20-12-5-6-13(14(7-12)21-2)17-9-11-4-3-10(8-16-11)15(18)19/h3-8,17H,9H2,1-2H3,(H,18,19). The van der Waals surface area contributed by atoms with Crippen LogP contribution in [0.3, 0.4) is 0 Å². The average Bonchev–Trinajstić information content (AvgIpc) is 2.53. The van der Waals surface area contributed by atoms with Gasteiger partial charge in [-0.25, -0.2) is 4.79 Å². The van der Waals surface area contributed by atoms with Gasteiger partial charge in [-0.15, -0.1) is 0 Å². The molecule has 0 saturated carbocycles. The second-order valence-electron chi connectivity index (χ2n) is 4.26. The van der Waals surface area contributed by atoms with E-state index in [9.17, 15) is 4.79 Å². The molecule has 0 unspecified atom stereocenters. The first kappa shape index (κ1) is 14.6. The van der Waals surface area contributed by atoms with Crippen molar-refractivity contribution in [3.05, 3.63) is 47.8 Å². The van der Waals surface area contributed by atoms with Crippen LogP contribution in [0.5, 0.6) is 11.5 Å². The summed E-state index contributed by atoms with van der Waals surface area (Å²) in [5.74, 6) is 0.386. The molecule has 0 aliphatic rings. The van der Waals surface area contributed by atoms with Crippen LogP contribution in [0.2, 0.25) is 0 Å². The average molecular weight is 288 g/mol. The summed E-state index contributed by atoms with van der Waals surface area (Å²) in [6.45, 7) is 0.461. The highest BCUT2D eigenvalue weighted by Gasteiger charge is 2.06. The number of hydrogen-bond acceptors (Lipinski definition) is 5. The molecule has 21 heavy (non-hydrogen) atoms. The van der Waals surface area contributed by atoms with Crippen molar-refractivity contribution in [2.75, 3.05) is 19.5 Å². The molecule has 0 radical (unpaired) electrons. The number of nitrogens with zero attached hydrogens (tertiary/aromatic N) is 1. The molecule has 0 atom stereocenters. The maximum absolute atomic E-state index is 10.8. The van der Waals surface area contributed by atoms with Gasteiger partial charge in [-0.3, -0.25) is 4.98 Å². The predicted molar refractivity (Wildman–Crippen MR) is 78.1 cm³/mol. The Hall–Kier alpha value is -2.76. The molecule has 0 aliphatic carbocycles. The van der Waals surface area contributed by atoms with Gasteiger partial charge in [0.15, 0.2) is 0 Å². The highest BCUT2D eigenvalue weighted by Crippen LogP contribution is 2.29. The van der Waals surface area contributed by atoms with E-state index in [1.165, 1.54) is 12.3 Å². The van der Waals surface area contributed by atoms with Gasteiger partial charge >= 0.3 is 5.97 Å². The summed E-state index contributed by atoms with van der Waals surface area (Å²) in [6, 6.07) is 8.66. The highest BCUT2D eigenvalue weighted by atomic mass is 16.5. The molecule has 6 heteroatoms. The van der Waals surface area contributed by atoms with Crippen LogP contribution in [0, 0.1) is 0 Å². The zero-order chi connectivity index (χ0) is 15.2. The largest absolute Gasteiger partial charge is 0.497 e. The van der Waals surface area contributed by atoms with Crippen LogP contribution in [0.1, 0.15) is 16.1 Å². The first-order chi connectivity index (χ1) is 10.1. The molecule has 110 valence electrons. The summed E-state index contributed by atoms with van der Waals surface area (Å²) < 4.78 is 10.4. The van der Waals surface area contributed by atoms with E-state index >= 15 is 0 Å². The zero-order valence-electron chi connectivity index (χ0n) is 11.8. The lowest BCUT2D eigenvalue weighted by Gasteiger charge is -2.12. The molecule has 0 fully saturated rings. The second-order valence-corrected chi connectivity index (χ2v) is 4.26. The van der Waals surface area contributed by atoms with Gasteiger partial charge in [0.05, 0.1) is 37.7 Å². The summed E-state index contributed by atoms with van der Waals surface area (Å²) in [4.78, 5) is 14.8. The second kappa shape index (κ2) is 6.60. The van der Waals surface area contributed by atoms with E-state index in [1.54, 1.807) is 26.4 Å².